The molecule has 0 aliphatic heterocycles. The Hall–Kier alpha value is -3.02. The number of hydrogen-bond acceptors (Lipinski definition) is 4. The molecule has 1 aromatic carbocycles. The second-order valence-corrected chi connectivity index (χ2v) is 9.95. The smallest absolute Gasteiger partial charge is 0.412 e. The molecule has 6 nitrogen and oxygen atoms in total. The number of para-hydroxylation sites is 1. The number of H-pyrrole nitrogens is 1. The van der Waals surface area contributed by atoms with Crippen molar-refractivity contribution in [1.82, 2.24) is 9.88 Å². The minimum absolute atomic E-state index is 0.322. The van der Waals surface area contributed by atoms with Gasteiger partial charge in [0.15, 0.2) is 0 Å². The fraction of sp³-hybridized carbons (Fsp3) is 0.562. The highest BCUT2D eigenvalue weighted by Gasteiger charge is 2.17. The van der Waals surface area contributed by atoms with E-state index in [9.17, 15) is 9.59 Å². The van der Waals surface area contributed by atoms with Crippen LogP contribution >= 0.6 is 0 Å². The number of benzene rings is 1. The second-order valence-electron chi connectivity index (χ2n) is 9.95. The maximum atomic E-state index is 12.4. The molecule has 0 aliphatic rings. The zero-order valence-electron chi connectivity index (χ0n) is 23.8. The molecule has 1 N–H and O–H groups in total. The van der Waals surface area contributed by atoms with E-state index >= 15 is 0 Å². The molecule has 2 rings (SSSR count). The average molecular weight is 525 g/mol. The number of fused-ring (bicyclic) bond motifs is 1. The number of likely N-dealkylation sites (N-methyl/N-ethyl adjacent to an activating group) is 1. The number of hydrogen-bond donors (Lipinski definition) is 1. The molecular weight excluding hydrogens is 476 g/mol. The summed E-state index contributed by atoms with van der Waals surface area (Å²) in [6, 6.07) is 8.09. The van der Waals surface area contributed by atoms with Gasteiger partial charge in [-0.3, -0.25) is 4.79 Å². The molecule has 6 heteroatoms. The Morgan fingerprint density at radius 1 is 0.921 bits per heavy atom. The first-order valence-corrected chi connectivity index (χ1v) is 14.5. The van der Waals surface area contributed by atoms with Crippen molar-refractivity contribution in [3.8, 4) is 0 Å². The van der Waals surface area contributed by atoms with Gasteiger partial charge in [0.1, 0.15) is 0 Å². The number of unbranched alkanes of at least 4 members (excludes halogenated alkanes) is 8. The van der Waals surface area contributed by atoms with E-state index in [4.69, 9.17) is 9.47 Å². The van der Waals surface area contributed by atoms with Crippen molar-refractivity contribution < 1.29 is 19.1 Å². The highest BCUT2D eigenvalue weighted by Crippen LogP contribution is 2.18. The van der Waals surface area contributed by atoms with Crippen LogP contribution in [0.2, 0.25) is 0 Å². The van der Waals surface area contributed by atoms with Crippen LogP contribution in [0.5, 0.6) is 0 Å². The van der Waals surface area contributed by atoms with Crippen molar-refractivity contribution in [2.75, 3.05) is 13.6 Å². The number of allylic oxidation sites excluding steroid dienone is 4. The zero-order valence-corrected chi connectivity index (χ0v) is 23.8. The van der Waals surface area contributed by atoms with E-state index in [2.05, 4.69) is 42.3 Å². The van der Waals surface area contributed by atoms with Crippen molar-refractivity contribution in [2.45, 2.75) is 104 Å². The number of aromatic nitrogens is 1. The van der Waals surface area contributed by atoms with Gasteiger partial charge in [-0.2, -0.15) is 0 Å². The van der Waals surface area contributed by atoms with Crippen LogP contribution in [0, 0.1) is 0 Å². The molecule has 0 bridgehead atoms. The average Bonchev–Trinajstić information content (AvgIpc) is 3.32. The van der Waals surface area contributed by atoms with Gasteiger partial charge in [-0.15, -0.1) is 0 Å². The molecule has 0 saturated carbocycles. The van der Waals surface area contributed by atoms with Gasteiger partial charge in [0.25, 0.3) is 0 Å². The van der Waals surface area contributed by atoms with Gasteiger partial charge >= 0.3 is 12.1 Å². The maximum absolute atomic E-state index is 12.4. The monoisotopic (exact) mass is 524 g/mol. The lowest BCUT2D eigenvalue weighted by Crippen LogP contribution is -2.33. The Labute approximate surface area is 229 Å². The first-order valence-electron chi connectivity index (χ1n) is 14.5. The molecule has 0 fully saturated rings. The van der Waals surface area contributed by atoms with Crippen LogP contribution in [-0.4, -0.2) is 41.8 Å². The number of aromatic amines is 1. The number of carbonyl (C=O) groups excluding carboxylic acids is 2. The topological polar surface area (TPSA) is 71.6 Å². The lowest BCUT2D eigenvalue weighted by Gasteiger charge is -2.20. The summed E-state index contributed by atoms with van der Waals surface area (Å²) in [5.74, 6) is -0.322. The number of amides is 1. The number of esters is 1. The van der Waals surface area contributed by atoms with Gasteiger partial charge in [-0.25, -0.2) is 4.79 Å². The molecule has 1 heterocycles. The Morgan fingerprint density at radius 2 is 1.61 bits per heavy atom. The second kappa shape index (κ2) is 19.1. The maximum Gasteiger partial charge on any atom is 0.412 e. The van der Waals surface area contributed by atoms with Crippen LogP contribution in [0.4, 0.5) is 4.79 Å². The molecule has 210 valence electrons. The van der Waals surface area contributed by atoms with Gasteiger partial charge < -0.3 is 19.4 Å². The van der Waals surface area contributed by atoms with Crippen LogP contribution in [0.15, 0.2) is 54.8 Å². The molecule has 0 aliphatic carbocycles. The minimum Gasteiger partial charge on any atom is -0.425 e. The molecular formula is C32H48N2O4. The summed E-state index contributed by atoms with van der Waals surface area (Å²) < 4.78 is 10.6. The number of nitrogens with one attached hydrogen (secondary N) is 1. The summed E-state index contributed by atoms with van der Waals surface area (Å²) in [6.07, 6.45) is 23.2. The quantitative estimate of drug-likeness (QED) is 0.0865. The van der Waals surface area contributed by atoms with Crippen molar-refractivity contribution in [3.63, 3.8) is 0 Å². The van der Waals surface area contributed by atoms with Crippen molar-refractivity contribution >= 4 is 23.0 Å². The Balaban J connectivity index is 1.47. The highest BCUT2D eigenvalue weighted by atomic mass is 16.7. The normalized spacial score (nSPS) is 12.4. The molecule has 1 amide bonds. The van der Waals surface area contributed by atoms with Crippen molar-refractivity contribution in [3.05, 3.63) is 60.3 Å². The largest absolute Gasteiger partial charge is 0.425 e. The minimum atomic E-state index is -0.900. The molecule has 0 spiro atoms. The van der Waals surface area contributed by atoms with Crippen LogP contribution in [-0.2, 0) is 20.7 Å². The molecule has 0 radical (unpaired) electrons. The molecule has 2 aromatic rings. The van der Waals surface area contributed by atoms with E-state index in [1.54, 1.807) is 14.0 Å². The third-order valence-electron chi connectivity index (χ3n) is 6.60. The Bertz CT molecular complexity index is 994. The summed E-state index contributed by atoms with van der Waals surface area (Å²) in [5.41, 5.74) is 2.23. The fourth-order valence-corrected chi connectivity index (χ4v) is 4.30. The number of carbonyl (C=O) groups is 2. The first-order chi connectivity index (χ1) is 18.5. The van der Waals surface area contributed by atoms with Crippen LogP contribution in [0.1, 0.15) is 96.5 Å². The van der Waals surface area contributed by atoms with Crippen LogP contribution < -0.4 is 0 Å². The fourth-order valence-electron chi connectivity index (χ4n) is 4.30. The lowest BCUT2D eigenvalue weighted by atomic mass is 10.1. The van der Waals surface area contributed by atoms with Gasteiger partial charge in [0.05, 0.1) is 0 Å². The van der Waals surface area contributed by atoms with E-state index in [0.29, 0.717) is 19.4 Å². The van der Waals surface area contributed by atoms with Gasteiger partial charge in [0.2, 0.25) is 6.29 Å². The number of ether oxygens (including phenoxy) is 2. The standard InChI is InChI=1S/C32H48N2O4/c1-4-5-6-7-8-9-10-11-12-13-14-15-16-17-18-23-31(35)37-27(2)38-32(36)34(3)25-24-28-26-33-30-22-20-19-21-29(28)30/h8-9,11-12,19-22,26-27,33H,4-7,10,13-18,23-25H2,1-3H3/b9-8-,12-11-. The SMILES string of the molecule is CCCCC/C=C\C/C=C\CCCCCCCC(=O)OC(C)OC(=O)N(C)CCc1c[nH]c2ccccc12. The van der Waals surface area contributed by atoms with Gasteiger partial charge in [-0.05, 0) is 56.6 Å². The number of nitrogens with zero attached hydrogens (tertiary/aromatic N) is 1. The highest BCUT2D eigenvalue weighted by molar-refractivity contribution is 5.83. The van der Waals surface area contributed by atoms with Crippen LogP contribution in [0.3, 0.4) is 0 Å². The summed E-state index contributed by atoms with van der Waals surface area (Å²) in [5, 5.41) is 1.16. The first kappa shape index (κ1) is 31.2. The molecule has 1 unspecified atom stereocenters. The number of rotatable bonds is 19. The zero-order chi connectivity index (χ0) is 27.4. The lowest BCUT2D eigenvalue weighted by molar-refractivity contribution is -0.166. The Kier molecular flexibility index (Phi) is 15.7. The summed E-state index contributed by atoms with van der Waals surface area (Å²) in [7, 11) is 1.69. The third-order valence-corrected chi connectivity index (χ3v) is 6.60. The van der Waals surface area contributed by atoms with E-state index in [0.717, 1.165) is 48.6 Å². The predicted octanol–water partition coefficient (Wildman–Crippen LogP) is 8.48. The van der Waals surface area contributed by atoms with E-state index < -0.39 is 12.4 Å². The van der Waals surface area contributed by atoms with E-state index in [1.807, 2.05) is 24.4 Å². The van der Waals surface area contributed by atoms with Crippen LogP contribution in [0.25, 0.3) is 10.9 Å². The molecule has 0 saturated heterocycles. The van der Waals surface area contributed by atoms with E-state index in [1.165, 1.54) is 43.4 Å². The van der Waals surface area contributed by atoms with E-state index in [-0.39, 0.29) is 5.97 Å². The predicted molar refractivity (Wildman–Crippen MR) is 156 cm³/mol. The molecule has 1 atom stereocenters. The van der Waals surface area contributed by atoms with Gasteiger partial charge in [-0.1, -0.05) is 81.5 Å². The van der Waals surface area contributed by atoms with Crippen molar-refractivity contribution in [1.29, 1.82) is 0 Å². The third kappa shape index (κ3) is 13.0. The molecule has 38 heavy (non-hydrogen) atoms. The summed E-state index contributed by atoms with van der Waals surface area (Å²) in [4.78, 5) is 29.2. The Morgan fingerprint density at radius 3 is 2.37 bits per heavy atom. The molecule has 1 aromatic heterocycles. The summed E-state index contributed by atoms with van der Waals surface area (Å²) in [6.45, 7) is 4.32. The van der Waals surface area contributed by atoms with Crippen molar-refractivity contribution in [2.24, 2.45) is 0 Å². The summed E-state index contributed by atoms with van der Waals surface area (Å²) >= 11 is 0. The van der Waals surface area contributed by atoms with Gasteiger partial charge in [0, 0.05) is 44.0 Å².